The summed E-state index contributed by atoms with van der Waals surface area (Å²) in [5, 5.41) is 9.76. The van der Waals surface area contributed by atoms with Gasteiger partial charge in [0.25, 0.3) is 0 Å². The van der Waals surface area contributed by atoms with Gasteiger partial charge in [0.2, 0.25) is 0 Å². The van der Waals surface area contributed by atoms with Crippen molar-refractivity contribution in [1.82, 2.24) is 0 Å². The van der Waals surface area contributed by atoms with E-state index in [1.807, 2.05) is 0 Å². The Labute approximate surface area is 78.8 Å². The number of fused-ring (bicyclic) bond motifs is 1. The fourth-order valence-electron chi connectivity index (χ4n) is 1.32. The molecule has 4 heteroatoms. The third kappa shape index (κ3) is 1.35. The van der Waals surface area contributed by atoms with Crippen molar-refractivity contribution in [2.24, 2.45) is 0 Å². The summed E-state index contributed by atoms with van der Waals surface area (Å²) in [6.07, 6.45) is 0.806. The zero-order valence-electron chi connectivity index (χ0n) is 7.16. The molecule has 1 N–H and O–H groups in total. The Morgan fingerprint density at radius 3 is 2.93 bits per heavy atom. The number of aldehydes is 1. The molecular formula is C10H7FO3. The lowest BCUT2D eigenvalue weighted by atomic mass is 10.2. The molecule has 0 unspecified atom stereocenters. The first-order valence-electron chi connectivity index (χ1n) is 4.05. The minimum atomic E-state index is -0.568. The highest BCUT2D eigenvalue weighted by Crippen LogP contribution is 2.28. The van der Waals surface area contributed by atoms with E-state index in [1.165, 1.54) is 12.1 Å². The van der Waals surface area contributed by atoms with E-state index in [0.29, 0.717) is 17.4 Å². The van der Waals surface area contributed by atoms with Crippen LogP contribution in [0.1, 0.15) is 5.76 Å². The summed E-state index contributed by atoms with van der Waals surface area (Å²) in [4.78, 5) is 10.2. The van der Waals surface area contributed by atoms with Gasteiger partial charge in [0.15, 0.2) is 0 Å². The van der Waals surface area contributed by atoms with Crippen molar-refractivity contribution in [2.75, 3.05) is 0 Å². The van der Waals surface area contributed by atoms with E-state index >= 15 is 0 Å². The number of aromatic hydroxyl groups is 1. The Bertz CT molecular complexity index is 487. The number of phenolic OH excluding ortho intramolecular Hbond substituents is 1. The van der Waals surface area contributed by atoms with Crippen LogP contribution in [0.5, 0.6) is 5.75 Å². The average Bonchev–Trinajstić information content (AvgIpc) is 2.48. The van der Waals surface area contributed by atoms with Gasteiger partial charge in [-0.05, 0) is 6.07 Å². The van der Waals surface area contributed by atoms with Crippen LogP contribution in [-0.4, -0.2) is 11.4 Å². The maximum atomic E-state index is 12.8. The van der Waals surface area contributed by atoms with Crippen LogP contribution in [0.25, 0.3) is 11.0 Å². The lowest BCUT2D eigenvalue weighted by Gasteiger charge is -1.92. The molecule has 0 aliphatic rings. The number of halogens is 1. The highest BCUT2D eigenvalue weighted by Gasteiger charge is 2.09. The van der Waals surface area contributed by atoms with E-state index in [0.717, 1.165) is 6.07 Å². The van der Waals surface area contributed by atoms with Crippen molar-refractivity contribution in [3.8, 4) is 5.75 Å². The zero-order valence-corrected chi connectivity index (χ0v) is 7.16. The maximum Gasteiger partial charge on any atom is 0.140 e. The van der Waals surface area contributed by atoms with Gasteiger partial charge in [-0.1, -0.05) is 0 Å². The third-order valence-corrected chi connectivity index (χ3v) is 1.92. The van der Waals surface area contributed by atoms with Gasteiger partial charge in [-0.2, -0.15) is 0 Å². The number of rotatable bonds is 2. The molecule has 0 saturated heterocycles. The molecule has 0 saturated carbocycles. The lowest BCUT2D eigenvalue weighted by Crippen LogP contribution is -1.78. The van der Waals surface area contributed by atoms with Gasteiger partial charge < -0.3 is 14.3 Å². The zero-order chi connectivity index (χ0) is 10.1. The molecule has 2 aromatic rings. The predicted octanol–water partition coefficient (Wildman–Crippen LogP) is 2.02. The minimum absolute atomic E-state index is 0.121. The maximum absolute atomic E-state index is 12.8. The van der Waals surface area contributed by atoms with E-state index < -0.39 is 5.82 Å². The van der Waals surface area contributed by atoms with Crippen LogP contribution in [0.3, 0.4) is 0 Å². The monoisotopic (exact) mass is 194 g/mol. The molecule has 1 heterocycles. The Morgan fingerprint density at radius 1 is 1.43 bits per heavy atom. The Balaban J connectivity index is 2.64. The SMILES string of the molecule is O=CCc1cc2c(O)cc(F)cc2o1. The van der Waals surface area contributed by atoms with E-state index in [9.17, 15) is 14.3 Å². The molecule has 0 radical (unpaired) electrons. The molecule has 0 aliphatic carbocycles. The van der Waals surface area contributed by atoms with E-state index in [2.05, 4.69) is 0 Å². The average molecular weight is 194 g/mol. The Morgan fingerprint density at radius 2 is 2.21 bits per heavy atom. The van der Waals surface area contributed by atoms with Gasteiger partial charge in [0, 0.05) is 12.1 Å². The summed E-state index contributed by atoms with van der Waals surface area (Å²) in [5.41, 5.74) is 0.249. The number of furan rings is 1. The molecule has 2 rings (SSSR count). The second-order valence-corrected chi connectivity index (χ2v) is 2.92. The molecule has 1 aromatic carbocycles. The molecule has 0 aliphatic heterocycles. The van der Waals surface area contributed by atoms with Crippen LogP contribution in [0.4, 0.5) is 4.39 Å². The highest BCUT2D eigenvalue weighted by atomic mass is 19.1. The molecule has 0 fully saturated rings. The fraction of sp³-hybridized carbons (Fsp3) is 0.100. The summed E-state index contributed by atoms with van der Waals surface area (Å²) in [6, 6.07) is 3.70. The number of hydrogen-bond donors (Lipinski definition) is 1. The second-order valence-electron chi connectivity index (χ2n) is 2.92. The minimum Gasteiger partial charge on any atom is -0.507 e. The summed E-state index contributed by atoms with van der Waals surface area (Å²) in [6.45, 7) is 0. The van der Waals surface area contributed by atoms with Crippen LogP contribution < -0.4 is 0 Å². The number of carbonyl (C=O) groups excluding carboxylic acids is 1. The number of hydrogen-bond acceptors (Lipinski definition) is 3. The van der Waals surface area contributed by atoms with Crippen LogP contribution in [0.15, 0.2) is 22.6 Å². The molecule has 0 bridgehead atoms. The summed E-state index contributed by atoms with van der Waals surface area (Å²) >= 11 is 0. The molecule has 3 nitrogen and oxygen atoms in total. The number of carbonyl (C=O) groups is 1. The molecule has 0 spiro atoms. The summed E-state index contributed by atoms with van der Waals surface area (Å²) in [7, 11) is 0. The predicted molar refractivity (Wildman–Crippen MR) is 47.6 cm³/mol. The second kappa shape index (κ2) is 3.14. The van der Waals surface area contributed by atoms with Gasteiger partial charge in [0.05, 0.1) is 11.8 Å². The molecule has 1 aromatic heterocycles. The van der Waals surface area contributed by atoms with Crippen LogP contribution >= 0.6 is 0 Å². The van der Waals surface area contributed by atoms with Gasteiger partial charge in [-0.3, -0.25) is 0 Å². The van der Waals surface area contributed by atoms with Crippen molar-refractivity contribution in [1.29, 1.82) is 0 Å². The molecule has 72 valence electrons. The first kappa shape index (κ1) is 8.74. The lowest BCUT2D eigenvalue weighted by molar-refractivity contribution is -0.107. The quantitative estimate of drug-likeness (QED) is 0.744. The van der Waals surface area contributed by atoms with E-state index in [1.54, 1.807) is 0 Å². The van der Waals surface area contributed by atoms with Gasteiger partial charge in [0.1, 0.15) is 29.2 Å². The van der Waals surface area contributed by atoms with E-state index in [4.69, 9.17) is 4.42 Å². The van der Waals surface area contributed by atoms with Crippen LogP contribution in [-0.2, 0) is 11.2 Å². The first-order chi connectivity index (χ1) is 6.70. The Hall–Kier alpha value is -1.84. The largest absolute Gasteiger partial charge is 0.507 e. The topological polar surface area (TPSA) is 50.4 Å². The normalized spacial score (nSPS) is 10.6. The molecule has 0 amide bonds. The number of benzene rings is 1. The summed E-state index contributed by atoms with van der Waals surface area (Å²) < 4.78 is 17.9. The smallest absolute Gasteiger partial charge is 0.140 e. The van der Waals surface area contributed by atoms with Crippen molar-refractivity contribution < 1.29 is 18.7 Å². The van der Waals surface area contributed by atoms with Crippen molar-refractivity contribution in [2.45, 2.75) is 6.42 Å². The van der Waals surface area contributed by atoms with Crippen LogP contribution in [0.2, 0.25) is 0 Å². The van der Waals surface area contributed by atoms with E-state index in [-0.39, 0.29) is 17.8 Å². The molecule has 0 atom stereocenters. The van der Waals surface area contributed by atoms with Crippen molar-refractivity contribution in [3.63, 3.8) is 0 Å². The molecular weight excluding hydrogens is 187 g/mol. The highest BCUT2D eigenvalue weighted by molar-refractivity contribution is 5.84. The number of phenols is 1. The standard InChI is InChI=1S/C10H7FO3/c11-6-3-9(13)8-5-7(1-2-12)14-10(8)4-6/h2-5,13H,1H2. The third-order valence-electron chi connectivity index (χ3n) is 1.92. The first-order valence-corrected chi connectivity index (χ1v) is 4.05. The fourth-order valence-corrected chi connectivity index (χ4v) is 1.32. The Kier molecular flexibility index (Phi) is 1.96. The molecule has 14 heavy (non-hydrogen) atoms. The van der Waals surface area contributed by atoms with Crippen molar-refractivity contribution >= 4 is 17.3 Å². The van der Waals surface area contributed by atoms with Gasteiger partial charge in [-0.25, -0.2) is 4.39 Å². The van der Waals surface area contributed by atoms with Gasteiger partial charge >= 0.3 is 0 Å². The van der Waals surface area contributed by atoms with Crippen molar-refractivity contribution in [3.05, 3.63) is 29.8 Å². The van der Waals surface area contributed by atoms with Crippen LogP contribution in [0, 0.1) is 5.82 Å². The van der Waals surface area contributed by atoms with Gasteiger partial charge in [-0.15, -0.1) is 0 Å². The summed E-state index contributed by atoms with van der Waals surface area (Å²) in [5.74, 6) is -0.334.